The summed E-state index contributed by atoms with van der Waals surface area (Å²) in [6, 6.07) is 13.3. The molecular formula is C15H14N4O. The van der Waals surface area contributed by atoms with Crippen LogP contribution in [0.3, 0.4) is 0 Å². The van der Waals surface area contributed by atoms with Gasteiger partial charge in [-0.1, -0.05) is 23.8 Å². The van der Waals surface area contributed by atoms with E-state index in [1.807, 2.05) is 49.4 Å². The minimum atomic E-state index is 0.155. The number of ether oxygens (including phenoxy) is 1. The molecule has 0 bridgehead atoms. The Morgan fingerprint density at radius 3 is 2.45 bits per heavy atom. The molecule has 1 aromatic heterocycles. The number of hydrogen-bond acceptors (Lipinski definition) is 5. The van der Waals surface area contributed by atoms with Gasteiger partial charge in [-0.3, -0.25) is 0 Å². The van der Waals surface area contributed by atoms with E-state index >= 15 is 0 Å². The van der Waals surface area contributed by atoms with E-state index in [1.54, 1.807) is 0 Å². The Morgan fingerprint density at radius 2 is 1.70 bits per heavy atom. The number of aromatic nitrogens is 2. The average Bonchev–Trinajstić information content (AvgIpc) is 2.41. The summed E-state index contributed by atoms with van der Waals surface area (Å²) in [5.41, 5.74) is 13.4. The first kappa shape index (κ1) is 12.2. The van der Waals surface area contributed by atoms with Crippen LogP contribution in [0.2, 0.25) is 0 Å². The van der Waals surface area contributed by atoms with Crippen LogP contribution in [0, 0.1) is 6.92 Å². The first-order valence-corrected chi connectivity index (χ1v) is 6.20. The van der Waals surface area contributed by atoms with E-state index in [1.165, 1.54) is 5.56 Å². The molecular weight excluding hydrogens is 252 g/mol. The van der Waals surface area contributed by atoms with Crippen LogP contribution in [0.15, 0.2) is 42.5 Å². The number of aryl methyl sites for hydroxylation is 1. The molecule has 3 rings (SSSR count). The van der Waals surface area contributed by atoms with Crippen molar-refractivity contribution in [2.75, 3.05) is 11.5 Å². The molecule has 0 aliphatic heterocycles. The van der Waals surface area contributed by atoms with E-state index in [-0.39, 0.29) is 5.95 Å². The molecule has 0 spiro atoms. The Bertz CT molecular complexity index is 769. The molecule has 2 aromatic carbocycles. The van der Waals surface area contributed by atoms with Crippen LogP contribution in [-0.4, -0.2) is 9.97 Å². The van der Waals surface area contributed by atoms with Gasteiger partial charge in [-0.15, -0.1) is 0 Å². The molecule has 0 unspecified atom stereocenters. The van der Waals surface area contributed by atoms with E-state index in [4.69, 9.17) is 16.2 Å². The van der Waals surface area contributed by atoms with Gasteiger partial charge in [0.05, 0.1) is 10.9 Å². The average molecular weight is 266 g/mol. The summed E-state index contributed by atoms with van der Waals surface area (Å²) in [7, 11) is 0. The van der Waals surface area contributed by atoms with Gasteiger partial charge in [0.25, 0.3) is 0 Å². The van der Waals surface area contributed by atoms with Gasteiger partial charge in [0.1, 0.15) is 17.3 Å². The smallest absolute Gasteiger partial charge is 0.222 e. The highest BCUT2D eigenvalue weighted by Gasteiger charge is 2.10. The van der Waals surface area contributed by atoms with Crippen LogP contribution in [-0.2, 0) is 0 Å². The van der Waals surface area contributed by atoms with Gasteiger partial charge < -0.3 is 16.2 Å². The summed E-state index contributed by atoms with van der Waals surface area (Å²) in [5, 5.41) is 0.669. The van der Waals surface area contributed by atoms with Gasteiger partial charge in [-0.05, 0) is 31.2 Å². The van der Waals surface area contributed by atoms with Crippen molar-refractivity contribution in [2.45, 2.75) is 6.92 Å². The van der Waals surface area contributed by atoms with Gasteiger partial charge in [0.2, 0.25) is 5.95 Å². The molecule has 0 saturated heterocycles. The lowest BCUT2D eigenvalue weighted by Crippen LogP contribution is -2.01. The van der Waals surface area contributed by atoms with Crippen LogP contribution in [0.1, 0.15) is 5.56 Å². The number of fused-ring (bicyclic) bond motifs is 1. The third kappa shape index (κ3) is 2.21. The van der Waals surface area contributed by atoms with Crippen LogP contribution >= 0.6 is 0 Å². The van der Waals surface area contributed by atoms with Crippen molar-refractivity contribution in [3.05, 3.63) is 48.0 Å². The van der Waals surface area contributed by atoms with Crippen molar-refractivity contribution in [1.29, 1.82) is 0 Å². The number of nitrogen functional groups attached to an aromatic ring is 2. The highest BCUT2D eigenvalue weighted by atomic mass is 16.5. The zero-order chi connectivity index (χ0) is 14.1. The highest BCUT2D eigenvalue weighted by molar-refractivity contribution is 5.94. The minimum Gasteiger partial charge on any atom is -0.457 e. The molecule has 100 valence electrons. The zero-order valence-corrected chi connectivity index (χ0v) is 11.0. The van der Waals surface area contributed by atoms with E-state index in [9.17, 15) is 0 Å². The Morgan fingerprint density at radius 1 is 0.950 bits per heavy atom. The third-order valence-electron chi connectivity index (χ3n) is 2.98. The van der Waals surface area contributed by atoms with E-state index < -0.39 is 0 Å². The molecule has 20 heavy (non-hydrogen) atoms. The molecule has 3 aromatic rings. The van der Waals surface area contributed by atoms with E-state index in [0.717, 1.165) is 5.75 Å². The van der Waals surface area contributed by atoms with Crippen LogP contribution in [0.5, 0.6) is 11.5 Å². The monoisotopic (exact) mass is 266 g/mol. The first-order chi connectivity index (χ1) is 9.63. The molecule has 0 aliphatic rings. The molecule has 0 atom stereocenters. The lowest BCUT2D eigenvalue weighted by Gasteiger charge is -2.10. The van der Waals surface area contributed by atoms with Crippen LogP contribution < -0.4 is 16.2 Å². The van der Waals surface area contributed by atoms with Crippen molar-refractivity contribution in [1.82, 2.24) is 9.97 Å². The quantitative estimate of drug-likeness (QED) is 0.744. The molecule has 5 nitrogen and oxygen atoms in total. The second-order valence-corrected chi connectivity index (χ2v) is 4.53. The fourth-order valence-electron chi connectivity index (χ4n) is 2.02. The van der Waals surface area contributed by atoms with Crippen molar-refractivity contribution >= 4 is 22.7 Å². The Balaban J connectivity index is 2.09. The fraction of sp³-hybridized carbons (Fsp3) is 0.0667. The number of benzene rings is 2. The van der Waals surface area contributed by atoms with E-state index in [2.05, 4.69) is 9.97 Å². The molecule has 0 aliphatic carbocycles. The van der Waals surface area contributed by atoms with Crippen LogP contribution in [0.4, 0.5) is 11.8 Å². The molecule has 0 saturated carbocycles. The number of anilines is 2. The SMILES string of the molecule is Cc1ccc(Oc2cccc3nc(N)nc(N)c23)cc1. The second kappa shape index (κ2) is 4.70. The maximum atomic E-state index is 5.92. The zero-order valence-electron chi connectivity index (χ0n) is 11.0. The third-order valence-corrected chi connectivity index (χ3v) is 2.98. The van der Waals surface area contributed by atoms with Gasteiger partial charge in [0, 0.05) is 0 Å². The van der Waals surface area contributed by atoms with Gasteiger partial charge in [-0.2, -0.15) is 4.98 Å². The lowest BCUT2D eigenvalue weighted by atomic mass is 10.2. The largest absolute Gasteiger partial charge is 0.457 e. The predicted octanol–water partition coefficient (Wildman–Crippen LogP) is 2.89. The molecule has 0 fully saturated rings. The van der Waals surface area contributed by atoms with Crippen molar-refractivity contribution < 1.29 is 4.74 Å². The number of rotatable bonds is 2. The predicted molar refractivity (Wildman–Crippen MR) is 79.6 cm³/mol. The van der Waals surface area contributed by atoms with Gasteiger partial charge in [0.15, 0.2) is 0 Å². The standard InChI is InChI=1S/C15H14N4O/c1-9-5-7-10(8-6-9)20-12-4-2-3-11-13(12)14(16)19-15(17)18-11/h2-8H,1H3,(H4,16,17,18,19). The number of nitrogens with zero attached hydrogens (tertiary/aromatic N) is 2. The topological polar surface area (TPSA) is 87.0 Å². The van der Waals surface area contributed by atoms with Gasteiger partial charge >= 0.3 is 0 Å². The Hall–Kier alpha value is -2.82. The Labute approximate surface area is 116 Å². The minimum absolute atomic E-state index is 0.155. The van der Waals surface area contributed by atoms with Crippen LogP contribution in [0.25, 0.3) is 10.9 Å². The highest BCUT2D eigenvalue weighted by Crippen LogP contribution is 2.32. The van der Waals surface area contributed by atoms with E-state index in [0.29, 0.717) is 22.5 Å². The molecule has 5 heteroatoms. The summed E-state index contributed by atoms with van der Waals surface area (Å²) in [6.07, 6.45) is 0. The normalized spacial score (nSPS) is 10.7. The lowest BCUT2D eigenvalue weighted by molar-refractivity contribution is 0.488. The molecule has 4 N–H and O–H groups in total. The summed E-state index contributed by atoms with van der Waals surface area (Å²) in [5.74, 6) is 1.82. The summed E-state index contributed by atoms with van der Waals surface area (Å²) in [4.78, 5) is 8.14. The van der Waals surface area contributed by atoms with Crippen molar-refractivity contribution in [2.24, 2.45) is 0 Å². The summed E-state index contributed by atoms with van der Waals surface area (Å²) in [6.45, 7) is 2.02. The maximum Gasteiger partial charge on any atom is 0.222 e. The van der Waals surface area contributed by atoms with Crippen molar-refractivity contribution in [3.8, 4) is 11.5 Å². The summed E-state index contributed by atoms with van der Waals surface area (Å²) >= 11 is 0. The molecule has 0 radical (unpaired) electrons. The summed E-state index contributed by atoms with van der Waals surface area (Å²) < 4.78 is 5.87. The fourth-order valence-corrected chi connectivity index (χ4v) is 2.02. The van der Waals surface area contributed by atoms with Crippen molar-refractivity contribution in [3.63, 3.8) is 0 Å². The molecule has 0 amide bonds. The Kier molecular flexibility index (Phi) is 2.87. The number of nitrogens with two attached hydrogens (primary N) is 2. The van der Waals surface area contributed by atoms with Gasteiger partial charge in [-0.25, -0.2) is 4.98 Å². The number of hydrogen-bond donors (Lipinski definition) is 2. The molecule has 1 heterocycles. The first-order valence-electron chi connectivity index (χ1n) is 6.20. The maximum absolute atomic E-state index is 5.92. The second-order valence-electron chi connectivity index (χ2n) is 4.53.